The predicted octanol–water partition coefficient (Wildman–Crippen LogP) is 3.06. The number of amides is 1. The van der Waals surface area contributed by atoms with Crippen molar-refractivity contribution in [1.29, 1.82) is 0 Å². The average molecular weight is 383 g/mol. The zero-order valence-electron chi connectivity index (χ0n) is 17.1. The van der Waals surface area contributed by atoms with Crippen molar-refractivity contribution in [1.82, 2.24) is 15.5 Å². The van der Waals surface area contributed by atoms with Gasteiger partial charge >= 0.3 is 0 Å². The van der Waals surface area contributed by atoms with Crippen LogP contribution in [0.15, 0.2) is 29.3 Å². The Kier molecular flexibility index (Phi) is 6.18. The lowest BCUT2D eigenvalue weighted by atomic mass is 9.83. The summed E-state index contributed by atoms with van der Waals surface area (Å²) in [7, 11) is 1.83. The molecular formula is C23H34N4O. The zero-order chi connectivity index (χ0) is 19.3. The lowest BCUT2D eigenvalue weighted by Crippen LogP contribution is -2.46. The number of aliphatic imine (C=N–C) groups is 1. The van der Waals surface area contributed by atoms with E-state index >= 15 is 0 Å². The van der Waals surface area contributed by atoms with Gasteiger partial charge < -0.3 is 15.5 Å². The number of hydrogen-bond acceptors (Lipinski definition) is 2. The van der Waals surface area contributed by atoms with E-state index in [1.54, 1.807) is 0 Å². The molecule has 0 spiro atoms. The minimum atomic E-state index is 0.280. The third-order valence-electron chi connectivity index (χ3n) is 6.78. The van der Waals surface area contributed by atoms with Gasteiger partial charge in [-0.3, -0.25) is 9.79 Å². The lowest BCUT2D eigenvalue weighted by molar-refractivity contribution is -0.134. The third kappa shape index (κ3) is 4.34. The van der Waals surface area contributed by atoms with Gasteiger partial charge in [0.15, 0.2) is 5.96 Å². The van der Waals surface area contributed by atoms with Gasteiger partial charge in [-0.1, -0.05) is 37.1 Å². The van der Waals surface area contributed by atoms with Gasteiger partial charge in [-0.25, -0.2) is 0 Å². The third-order valence-corrected chi connectivity index (χ3v) is 6.78. The molecular weight excluding hydrogens is 348 g/mol. The van der Waals surface area contributed by atoms with Gasteiger partial charge in [0.05, 0.1) is 0 Å². The van der Waals surface area contributed by atoms with E-state index in [1.165, 1.54) is 43.2 Å². The quantitative estimate of drug-likeness (QED) is 0.622. The molecule has 1 aliphatic heterocycles. The minimum absolute atomic E-state index is 0.280. The Bertz CT molecular complexity index is 710. The summed E-state index contributed by atoms with van der Waals surface area (Å²) >= 11 is 0. The molecule has 1 aromatic rings. The van der Waals surface area contributed by atoms with Crippen molar-refractivity contribution in [2.24, 2.45) is 10.9 Å². The highest BCUT2D eigenvalue weighted by Crippen LogP contribution is 2.31. The maximum absolute atomic E-state index is 12.6. The number of aryl methyl sites for hydroxylation is 1. The maximum Gasteiger partial charge on any atom is 0.225 e. The molecule has 1 saturated carbocycles. The van der Waals surface area contributed by atoms with E-state index in [9.17, 15) is 4.79 Å². The monoisotopic (exact) mass is 382 g/mol. The second-order valence-electron chi connectivity index (χ2n) is 8.64. The van der Waals surface area contributed by atoms with Crippen LogP contribution in [-0.4, -0.2) is 49.5 Å². The first kappa shape index (κ1) is 19.3. The van der Waals surface area contributed by atoms with Crippen LogP contribution in [0.1, 0.15) is 62.0 Å². The van der Waals surface area contributed by atoms with Gasteiger partial charge in [0.25, 0.3) is 0 Å². The number of likely N-dealkylation sites (tertiary alicyclic amines) is 1. The second-order valence-corrected chi connectivity index (χ2v) is 8.64. The van der Waals surface area contributed by atoms with Gasteiger partial charge in [0, 0.05) is 44.6 Å². The molecule has 5 nitrogen and oxygen atoms in total. The van der Waals surface area contributed by atoms with Gasteiger partial charge in [-0.15, -0.1) is 0 Å². The molecule has 1 saturated heterocycles. The number of guanidine groups is 1. The zero-order valence-corrected chi connectivity index (χ0v) is 17.1. The SMILES string of the molecule is CN=C(NCC1CCCc2ccccc21)NC1CCN(C(=O)C2CCCC2)C1. The van der Waals surface area contributed by atoms with Crippen molar-refractivity contribution in [3.63, 3.8) is 0 Å². The summed E-state index contributed by atoms with van der Waals surface area (Å²) in [6.07, 6.45) is 9.29. The molecule has 28 heavy (non-hydrogen) atoms. The first-order valence-corrected chi connectivity index (χ1v) is 11.1. The summed E-state index contributed by atoms with van der Waals surface area (Å²) in [4.78, 5) is 19.1. The molecule has 1 amide bonds. The van der Waals surface area contributed by atoms with Crippen LogP contribution in [0.2, 0.25) is 0 Å². The molecule has 2 aliphatic carbocycles. The number of nitrogens with zero attached hydrogens (tertiary/aromatic N) is 2. The summed E-state index contributed by atoms with van der Waals surface area (Å²) in [5, 5.41) is 7.09. The number of rotatable bonds is 4. The molecule has 2 fully saturated rings. The molecule has 1 heterocycles. The number of carbonyl (C=O) groups is 1. The van der Waals surface area contributed by atoms with Gasteiger partial charge in [0.1, 0.15) is 0 Å². The lowest BCUT2D eigenvalue weighted by Gasteiger charge is -2.27. The fraction of sp³-hybridized carbons (Fsp3) is 0.652. The summed E-state index contributed by atoms with van der Waals surface area (Å²) in [5.74, 6) is 2.07. The Labute approximate surface area is 169 Å². The summed E-state index contributed by atoms with van der Waals surface area (Å²) in [6.45, 7) is 2.59. The molecule has 2 unspecified atom stereocenters. The van der Waals surface area contributed by atoms with Crippen LogP contribution in [-0.2, 0) is 11.2 Å². The fourth-order valence-corrected chi connectivity index (χ4v) is 5.18. The van der Waals surface area contributed by atoms with Gasteiger partial charge in [-0.05, 0) is 49.7 Å². The highest BCUT2D eigenvalue weighted by atomic mass is 16.2. The van der Waals surface area contributed by atoms with Gasteiger partial charge in [0.2, 0.25) is 5.91 Å². The number of hydrogen-bond donors (Lipinski definition) is 2. The van der Waals surface area contributed by atoms with E-state index in [2.05, 4.69) is 44.8 Å². The molecule has 2 N–H and O–H groups in total. The first-order valence-electron chi connectivity index (χ1n) is 11.1. The minimum Gasteiger partial charge on any atom is -0.356 e. The van der Waals surface area contributed by atoms with E-state index in [0.717, 1.165) is 44.9 Å². The van der Waals surface area contributed by atoms with Gasteiger partial charge in [-0.2, -0.15) is 0 Å². The Morgan fingerprint density at radius 3 is 2.79 bits per heavy atom. The molecule has 0 bridgehead atoms. The molecule has 4 rings (SSSR count). The van der Waals surface area contributed by atoms with E-state index < -0.39 is 0 Å². The van der Waals surface area contributed by atoms with Crippen LogP contribution < -0.4 is 10.6 Å². The molecule has 1 aromatic carbocycles. The van der Waals surface area contributed by atoms with Crippen LogP contribution >= 0.6 is 0 Å². The summed E-state index contributed by atoms with van der Waals surface area (Å²) in [5.41, 5.74) is 2.99. The van der Waals surface area contributed by atoms with Crippen LogP contribution in [0.3, 0.4) is 0 Å². The standard InChI is InChI=1S/C23H34N4O/c1-24-23(25-15-19-11-6-10-17-7-4-5-12-21(17)19)26-20-13-14-27(16-20)22(28)18-8-2-3-9-18/h4-5,7,12,18-20H,2-3,6,8-11,13-16H2,1H3,(H2,24,25,26). The molecule has 0 radical (unpaired) electrons. The first-order chi connectivity index (χ1) is 13.7. The predicted molar refractivity (Wildman–Crippen MR) is 114 cm³/mol. The molecule has 0 aromatic heterocycles. The summed E-state index contributed by atoms with van der Waals surface area (Å²) in [6, 6.07) is 9.14. The number of fused-ring (bicyclic) bond motifs is 1. The Morgan fingerprint density at radius 2 is 1.96 bits per heavy atom. The van der Waals surface area contributed by atoms with Crippen molar-refractivity contribution in [2.45, 2.75) is 63.3 Å². The fourth-order valence-electron chi connectivity index (χ4n) is 5.18. The number of benzene rings is 1. The Morgan fingerprint density at radius 1 is 1.14 bits per heavy atom. The number of carbonyl (C=O) groups excluding carboxylic acids is 1. The molecule has 5 heteroatoms. The van der Waals surface area contributed by atoms with Crippen LogP contribution in [0.5, 0.6) is 0 Å². The maximum atomic E-state index is 12.6. The Hall–Kier alpha value is -2.04. The summed E-state index contributed by atoms with van der Waals surface area (Å²) < 4.78 is 0. The highest BCUT2D eigenvalue weighted by molar-refractivity contribution is 5.81. The highest BCUT2D eigenvalue weighted by Gasteiger charge is 2.32. The van der Waals surface area contributed by atoms with Crippen LogP contribution in [0, 0.1) is 5.92 Å². The number of nitrogens with one attached hydrogen (secondary N) is 2. The normalized spacial score (nSPS) is 25.6. The van der Waals surface area contributed by atoms with Crippen molar-refractivity contribution >= 4 is 11.9 Å². The van der Waals surface area contributed by atoms with Crippen molar-refractivity contribution in [2.75, 3.05) is 26.7 Å². The Balaban J connectivity index is 1.27. The van der Waals surface area contributed by atoms with Crippen molar-refractivity contribution in [3.8, 4) is 0 Å². The van der Waals surface area contributed by atoms with E-state index in [4.69, 9.17) is 0 Å². The molecule has 152 valence electrons. The second kappa shape index (κ2) is 8.97. The van der Waals surface area contributed by atoms with Crippen molar-refractivity contribution in [3.05, 3.63) is 35.4 Å². The van der Waals surface area contributed by atoms with E-state index in [-0.39, 0.29) is 5.92 Å². The van der Waals surface area contributed by atoms with E-state index in [0.29, 0.717) is 17.9 Å². The average Bonchev–Trinajstić information content (AvgIpc) is 3.43. The molecule has 2 atom stereocenters. The van der Waals surface area contributed by atoms with Crippen LogP contribution in [0.4, 0.5) is 0 Å². The van der Waals surface area contributed by atoms with E-state index in [1.807, 2.05) is 7.05 Å². The topological polar surface area (TPSA) is 56.7 Å². The van der Waals surface area contributed by atoms with Crippen LogP contribution in [0.25, 0.3) is 0 Å². The smallest absolute Gasteiger partial charge is 0.225 e. The largest absolute Gasteiger partial charge is 0.356 e. The molecule has 3 aliphatic rings. The van der Waals surface area contributed by atoms with Crippen molar-refractivity contribution < 1.29 is 4.79 Å².